The second-order valence-corrected chi connectivity index (χ2v) is 8.17. The Balaban J connectivity index is 0.000000801. The quantitative estimate of drug-likeness (QED) is 0.214. The molecule has 184 valence electrons. The first kappa shape index (κ1) is 28.8. The number of unbranched alkanes of at least 4 members (excludes halogenated alkanes) is 3. The summed E-state index contributed by atoms with van der Waals surface area (Å²) in [4.78, 5) is 0. The molecule has 0 aliphatic heterocycles. The van der Waals surface area contributed by atoms with E-state index >= 15 is 0 Å². The van der Waals surface area contributed by atoms with E-state index in [-0.39, 0.29) is 11.6 Å². The van der Waals surface area contributed by atoms with Crippen molar-refractivity contribution in [1.82, 2.24) is 0 Å². The lowest BCUT2D eigenvalue weighted by molar-refractivity contribution is -0.143. The van der Waals surface area contributed by atoms with Crippen molar-refractivity contribution in [3.05, 3.63) is 70.3 Å². The molecule has 0 aliphatic rings. The van der Waals surface area contributed by atoms with Gasteiger partial charge in [-0.15, -0.1) is 0 Å². The van der Waals surface area contributed by atoms with Crippen LogP contribution < -0.4 is 0 Å². The number of rotatable bonds is 7. The van der Waals surface area contributed by atoms with Gasteiger partial charge in [-0.25, -0.2) is 0 Å². The molecule has 0 nitrogen and oxygen atoms in total. The van der Waals surface area contributed by atoms with E-state index in [0.29, 0.717) is 18.4 Å². The largest absolute Gasteiger partial charge is 0.416 e. The van der Waals surface area contributed by atoms with Gasteiger partial charge < -0.3 is 0 Å². The van der Waals surface area contributed by atoms with Crippen molar-refractivity contribution in [3.8, 4) is 0 Å². The molecule has 0 atom stereocenters. The molecule has 0 heterocycles. The third kappa shape index (κ3) is 8.90. The Bertz CT molecular complexity index is 867. The standard InChI is InChI=1S/C21H20F6.C6H14/c1-4-7-19(18-9-6-5-8-13(18)2)14(3)15-10-16(20(22,23)24)12-17(11-15)21(25,26)27;1-3-5-6-4-2/h5-6,8-12H,4,7H2,1-3H3;3-6H2,1-2H3/b19-14+;. The van der Waals surface area contributed by atoms with E-state index in [2.05, 4.69) is 13.8 Å². The van der Waals surface area contributed by atoms with Crippen LogP contribution in [0.3, 0.4) is 0 Å². The first-order valence-corrected chi connectivity index (χ1v) is 11.4. The monoisotopic (exact) mass is 472 g/mol. The predicted octanol–water partition coefficient (Wildman–Crippen LogP) is 10.4. The zero-order valence-corrected chi connectivity index (χ0v) is 20.1. The minimum atomic E-state index is -4.86. The SMILES string of the molecule is CCC/C(=C(/C)c1cc(C(F)(F)F)cc(C(F)(F)F)c1)c1ccccc1C.CCCCCC. The third-order valence-electron chi connectivity index (χ3n) is 5.40. The molecule has 0 aliphatic carbocycles. The molecule has 0 aromatic heterocycles. The lowest BCUT2D eigenvalue weighted by Crippen LogP contribution is -2.11. The molecule has 0 saturated heterocycles. The Morgan fingerprint density at radius 1 is 0.727 bits per heavy atom. The fraction of sp³-hybridized carbons (Fsp3) is 0.481. The molecule has 0 radical (unpaired) electrons. The highest BCUT2D eigenvalue weighted by molar-refractivity contribution is 5.91. The van der Waals surface area contributed by atoms with Gasteiger partial charge in [-0.2, -0.15) is 26.3 Å². The van der Waals surface area contributed by atoms with Gasteiger partial charge in [0, 0.05) is 0 Å². The summed E-state index contributed by atoms with van der Waals surface area (Å²) in [6.45, 7) is 9.82. The summed E-state index contributed by atoms with van der Waals surface area (Å²) in [5.41, 5.74) is 0.264. The predicted molar refractivity (Wildman–Crippen MR) is 125 cm³/mol. The molecule has 0 amide bonds. The molecule has 6 heteroatoms. The van der Waals surface area contributed by atoms with Gasteiger partial charge in [-0.1, -0.05) is 77.1 Å². The minimum absolute atomic E-state index is 0.0659. The minimum Gasteiger partial charge on any atom is -0.166 e. The van der Waals surface area contributed by atoms with Crippen molar-refractivity contribution in [3.63, 3.8) is 0 Å². The normalized spacial score (nSPS) is 12.7. The number of allylic oxidation sites excluding steroid dienone is 2. The Hall–Kier alpha value is -2.24. The van der Waals surface area contributed by atoms with Crippen LogP contribution in [-0.4, -0.2) is 0 Å². The number of hydrogen-bond donors (Lipinski definition) is 0. The van der Waals surface area contributed by atoms with Crippen molar-refractivity contribution in [1.29, 1.82) is 0 Å². The maximum atomic E-state index is 13.2. The van der Waals surface area contributed by atoms with Crippen LogP contribution in [0.15, 0.2) is 42.5 Å². The molecule has 0 saturated carbocycles. The van der Waals surface area contributed by atoms with Gasteiger partial charge in [0.15, 0.2) is 0 Å². The lowest BCUT2D eigenvalue weighted by Gasteiger charge is -2.18. The molecule has 2 rings (SSSR count). The van der Waals surface area contributed by atoms with Crippen molar-refractivity contribution in [2.24, 2.45) is 0 Å². The van der Waals surface area contributed by atoms with E-state index in [0.717, 1.165) is 28.8 Å². The summed E-state index contributed by atoms with van der Waals surface area (Å²) in [5.74, 6) is 0. The molecule has 2 aromatic rings. The Morgan fingerprint density at radius 3 is 1.61 bits per heavy atom. The average Bonchev–Trinajstić information content (AvgIpc) is 2.75. The molecular formula is C27H34F6. The Kier molecular flexibility index (Phi) is 11.2. The van der Waals surface area contributed by atoms with E-state index in [9.17, 15) is 26.3 Å². The average molecular weight is 473 g/mol. The number of alkyl halides is 6. The van der Waals surface area contributed by atoms with Gasteiger partial charge in [0.2, 0.25) is 0 Å². The van der Waals surface area contributed by atoms with E-state index in [4.69, 9.17) is 0 Å². The van der Waals surface area contributed by atoms with E-state index in [1.807, 2.05) is 32.0 Å². The van der Waals surface area contributed by atoms with Gasteiger partial charge in [-0.05, 0) is 66.3 Å². The molecule has 33 heavy (non-hydrogen) atoms. The highest BCUT2D eigenvalue weighted by atomic mass is 19.4. The van der Waals surface area contributed by atoms with Gasteiger partial charge in [0.25, 0.3) is 0 Å². The Morgan fingerprint density at radius 2 is 1.21 bits per heavy atom. The molecule has 0 spiro atoms. The second-order valence-electron chi connectivity index (χ2n) is 8.17. The maximum absolute atomic E-state index is 13.2. The first-order chi connectivity index (χ1) is 15.4. The summed E-state index contributed by atoms with van der Waals surface area (Å²) in [7, 11) is 0. The topological polar surface area (TPSA) is 0 Å². The molecule has 0 fully saturated rings. The van der Waals surface area contributed by atoms with Crippen LogP contribution in [-0.2, 0) is 12.4 Å². The van der Waals surface area contributed by atoms with Crippen LogP contribution in [0, 0.1) is 6.92 Å². The highest BCUT2D eigenvalue weighted by Gasteiger charge is 2.37. The smallest absolute Gasteiger partial charge is 0.166 e. The molecule has 2 aromatic carbocycles. The zero-order chi connectivity index (χ0) is 25.2. The summed E-state index contributed by atoms with van der Waals surface area (Å²) in [6, 6.07) is 9.08. The Labute approximate surface area is 193 Å². The van der Waals surface area contributed by atoms with Gasteiger partial charge >= 0.3 is 12.4 Å². The number of halogens is 6. The van der Waals surface area contributed by atoms with Gasteiger partial charge in [0.05, 0.1) is 11.1 Å². The van der Waals surface area contributed by atoms with Crippen molar-refractivity contribution in [2.75, 3.05) is 0 Å². The number of aryl methyl sites for hydroxylation is 1. The summed E-state index contributed by atoms with van der Waals surface area (Å²) in [6.07, 6.45) is -2.91. The van der Waals surface area contributed by atoms with Crippen LogP contribution in [0.25, 0.3) is 11.1 Å². The van der Waals surface area contributed by atoms with Crippen LogP contribution in [0.2, 0.25) is 0 Å². The highest BCUT2D eigenvalue weighted by Crippen LogP contribution is 2.39. The fourth-order valence-corrected chi connectivity index (χ4v) is 3.53. The maximum Gasteiger partial charge on any atom is 0.416 e. The van der Waals surface area contributed by atoms with Gasteiger partial charge in [-0.3, -0.25) is 0 Å². The zero-order valence-electron chi connectivity index (χ0n) is 20.1. The fourth-order valence-electron chi connectivity index (χ4n) is 3.53. The molecule has 0 N–H and O–H groups in total. The number of benzene rings is 2. The van der Waals surface area contributed by atoms with E-state index in [1.54, 1.807) is 13.0 Å². The van der Waals surface area contributed by atoms with Crippen molar-refractivity contribution in [2.45, 2.75) is 85.5 Å². The van der Waals surface area contributed by atoms with Crippen LogP contribution in [0.4, 0.5) is 26.3 Å². The van der Waals surface area contributed by atoms with E-state index < -0.39 is 23.5 Å². The summed E-state index contributed by atoms with van der Waals surface area (Å²) < 4.78 is 78.9. The van der Waals surface area contributed by atoms with Crippen molar-refractivity contribution >= 4 is 11.1 Å². The molecule has 0 bridgehead atoms. The summed E-state index contributed by atoms with van der Waals surface area (Å²) in [5, 5.41) is 0. The van der Waals surface area contributed by atoms with Crippen LogP contribution >= 0.6 is 0 Å². The number of hydrogen-bond acceptors (Lipinski definition) is 0. The van der Waals surface area contributed by atoms with E-state index in [1.165, 1.54) is 25.7 Å². The molecule has 0 unspecified atom stereocenters. The van der Waals surface area contributed by atoms with Gasteiger partial charge in [0.1, 0.15) is 0 Å². The molecular weight excluding hydrogens is 438 g/mol. The summed E-state index contributed by atoms with van der Waals surface area (Å²) >= 11 is 0. The van der Waals surface area contributed by atoms with Crippen LogP contribution in [0.1, 0.15) is 94.0 Å². The lowest BCUT2D eigenvalue weighted by atomic mass is 9.89. The third-order valence-corrected chi connectivity index (χ3v) is 5.40. The second kappa shape index (κ2) is 12.9. The van der Waals surface area contributed by atoms with Crippen molar-refractivity contribution < 1.29 is 26.3 Å². The first-order valence-electron chi connectivity index (χ1n) is 11.4. The van der Waals surface area contributed by atoms with Crippen LogP contribution in [0.5, 0.6) is 0 Å².